The Morgan fingerprint density at radius 1 is 1.03 bits per heavy atom. The number of nitrogens with one attached hydrogen (secondary N) is 2. The molecule has 6 nitrogen and oxygen atoms in total. The van der Waals surface area contributed by atoms with E-state index in [9.17, 15) is 14.0 Å². The van der Waals surface area contributed by atoms with Gasteiger partial charge in [0.2, 0.25) is 5.91 Å². The van der Waals surface area contributed by atoms with Gasteiger partial charge in [0.05, 0.1) is 13.2 Å². The molecule has 1 aliphatic carbocycles. The van der Waals surface area contributed by atoms with Gasteiger partial charge >= 0.3 is 0 Å². The van der Waals surface area contributed by atoms with Gasteiger partial charge in [-0.25, -0.2) is 4.39 Å². The maximum absolute atomic E-state index is 13.1. The lowest BCUT2D eigenvalue weighted by molar-refractivity contribution is -0.137. The standard InChI is InChI=1S/C26H32FN3O3/c27-21-11-9-19(10-12-21)22-18-24(22)28-13-5-4-8-23(26(32)30-14-16-33-17-15-30)29-25(31)20-6-2-1-3-7-20/h1-3,6-7,9-12,22-24,28H,4-5,8,13-18H2,(H,29,31)/t22-,23-,24+/m0/s1. The fraction of sp³-hybridized carbons (Fsp3) is 0.462. The zero-order valence-corrected chi connectivity index (χ0v) is 18.8. The molecule has 1 heterocycles. The van der Waals surface area contributed by atoms with E-state index in [2.05, 4.69) is 10.6 Å². The Balaban J connectivity index is 1.24. The number of benzene rings is 2. The lowest BCUT2D eigenvalue weighted by Crippen LogP contribution is -2.51. The van der Waals surface area contributed by atoms with Crippen LogP contribution in [0.3, 0.4) is 0 Å². The molecule has 2 amide bonds. The number of carbonyl (C=O) groups excluding carboxylic acids is 2. The minimum Gasteiger partial charge on any atom is -0.378 e. The summed E-state index contributed by atoms with van der Waals surface area (Å²) in [7, 11) is 0. The summed E-state index contributed by atoms with van der Waals surface area (Å²) in [5, 5.41) is 6.51. The molecule has 2 N–H and O–H groups in total. The van der Waals surface area contributed by atoms with Crippen LogP contribution in [0, 0.1) is 5.82 Å². The number of nitrogens with zero attached hydrogens (tertiary/aromatic N) is 1. The van der Waals surface area contributed by atoms with Gasteiger partial charge in [0.1, 0.15) is 11.9 Å². The zero-order valence-electron chi connectivity index (χ0n) is 18.8. The molecular weight excluding hydrogens is 421 g/mol. The average molecular weight is 454 g/mol. The smallest absolute Gasteiger partial charge is 0.251 e. The maximum Gasteiger partial charge on any atom is 0.251 e. The van der Waals surface area contributed by atoms with E-state index >= 15 is 0 Å². The Morgan fingerprint density at radius 3 is 2.48 bits per heavy atom. The minimum atomic E-state index is -0.538. The summed E-state index contributed by atoms with van der Waals surface area (Å²) in [5.74, 6) is -0.00888. The molecule has 1 saturated heterocycles. The van der Waals surface area contributed by atoms with Gasteiger partial charge in [0.25, 0.3) is 5.91 Å². The highest BCUT2D eigenvalue weighted by atomic mass is 19.1. The minimum absolute atomic E-state index is 0.0332. The van der Waals surface area contributed by atoms with Gasteiger partial charge in [0, 0.05) is 30.6 Å². The van der Waals surface area contributed by atoms with E-state index in [0.29, 0.717) is 50.2 Å². The Kier molecular flexibility index (Phi) is 8.07. The summed E-state index contributed by atoms with van der Waals surface area (Å²) < 4.78 is 18.5. The van der Waals surface area contributed by atoms with Gasteiger partial charge in [-0.2, -0.15) is 0 Å². The van der Waals surface area contributed by atoms with Crippen LogP contribution < -0.4 is 10.6 Å². The van der Waals surface area contributed by atoms with E-state index in [1.165, 1.54) is 17.7 Å². The predicted molar refractivity (Wildman–Crippen MR) is 124 cm³/mol. The van der Waals surface area contributed by atoms with E-state index in [1.54, 1.807) is 17.0 Å². The summed E-state index contributed by atoms with van der Waals surface area (Å²) in [5.41, 5.74) is 1.73. The van der Waals surface area contributed by atoms with E-state index in [0.717, 1.165) is 25.8 Å². The molecule has 2 aromatic rings. The van der Waals surface area contributed by atoms with Gasteiger partial charge in [-0.3, -0.25) is 9.59 Å². The Hall–Kier alpha value is -2.77. The molecule has 0 spiro atoms. The molecular formula is C26H32FN3O3. The molecule has 4 rings (SSSR count). The number of unbranched alkanes of at least 4 members (excludes halogenated alkanes) is 1. The first kappa shape index (κ1) is 23.4. The lowest BCUT2D eigenvalue weighted by Gasteiger charge is -2.30. The number of rotatable bonds is 10. The lowest BCUT2D eigenvalue weighted by atomic mass is 10.1. The van der Waals surface area contributed by atoms with Gasteiger partial charge in [0.15, 0.2) is 0 Å². The van der Waals surface area contributed by atoms with Crippen molar-refractivity contribution < 1.29 is 18.7 Å². The first-order chi connectivity index (χ1) is 16.1. The van der Waals surface area contributed by atoms with Crippen LogP contribution in [0.25, 0.3) is 0 Å². The molecule has 2 aromatic carbocycles. The highest BCUT2D eigenvalue weighted by Gasteiger charge is 2.37. The number of amides is 2. The molecule has 0 radical (unpaired) electrons. The second kappa shape index (κ2) is 11.4. The summed E-state index contributed by atoms with van der Waals surface area (Å²) in [6.45, 7) is 3.04. The number of hydrogen-bond donors (Lipinski definition) is 2. The van der Waals surface area contributed by atoms with Crippen molar-refractivity contribution in [2.24, 2.45) is 0 Å². The molecule has 1 aliphatic heterocycles. The third-order valence-corrected chi connectivity index (χ3v) is 6.38. The van der Waals surface area contributed by atoms with Crippen molar-refractivity contribution in [1.29, 1.82) is 0 Å². The highest BCUT2D eigenvalue weighted by Crippen LogP contribution is 2.40. The van der Waals surface area contributed by atoms with Crippen molar-refractivity contribution in [3.63, 3.8) is 0 Å². The normalized spacial score (nSPS) is 20.8. The molecule has 176 valence electrons. The Bertz CT molecular complexity index is 916. The number of hydrogen-bond acceptors (Lipinski definition) is 4. The molecule has 33 heavy (non-hydrogen) atoms. The van der Waals surface area contributed by atoms with Crippen molar-refractivity contribution in [2.75, 3.05) is 32.8 Å². The van der Waals surface area contributed by atoms with E-state index in [1.807, 2.05) is 30.3 Å². The predicted octanol–water partition coefficient (Wildman–Crippen LogP) is 3.10. The third-order valence-electron chi connectivity index (χ3n) is 6.38. The monoisotopic (exact) mass is 453 g/mol. The van der Waals surface area contributed by atoms with Crippen molar-refractivity contribution in [2.45, 2.75) is 43.7 Å². The molecule has 7 heteroatoms. The summed E-state index contributed by atoms with van der Waals surface area (Å²) in [6, 6.07) is 15.6. The van der Waals surface area contributed by atoms with Crippen LogP contribution in [0.15, 0.2) is 54.6 Å². The van der Waals surface area contributed by atoms with Crippen LogP contribution in [0.5, 0.6) is 0 Å². The topological polar surface area (TPSA) is 70.7 Å². The van der Waals surface area contributed by atoms with Gasteiger partial charge in [-0.1, -0.05) is 30.3 Å². The molecule has 2 fully saturated rings. The van der Waals surface area contributed by atoms with Gasteiger partial charge in [-0.05, 0) is 62.1 Å². The summed E-state index contributed by atoms with van der Waals surface area (Å²) in [6.07, 6.45) is 3.41. The highest BCUT2D eigenvalue weighted by molar-refractivity contribution is 5.97. The molecule has 0 unspecified atom stereocenters. The van der Waals surface area contributed by atoms with Crippen LogP contribution in [0.4, 0.5) is 4.39 Å². The van der Waals surface area contributed by atoms with Crippen LogP contribution in [0.1, 0.15) is 47.5 Å². The molecule has 0 bridgehead atoms. The fourth-order valence-electron chi connectivity index (χ4n) is 4.35. The number of morpholine rings is 1. The van der Waals surface area contributed by atoms with Crippen molar-refractivity contribution in [3.05, 3.63) is 71.5 Å². The SMILES string of the molecule is O=C(N[C@@H](CCCCN[C@@H]1C[C@H]1c1ccc(F)cc1)C(=O)N1CCOCC1)c1ccccc1. The van der Waals surface area contributed by atoms with Crippen LogP contribution in [-0.4, -0.2) is 61.6 Å². The van der Waals surface area contributed by atoms with Gasteiger partial charge in [-0.15, -0.1) is 0 Å². The molecule has 0 aromatic heterocycles. The van der Waals surface area contributed by atoms with Crippen molar-refractivity contribution in [1.82, 2.24) is 15.5 Å². The first-order valence-electron chi connectivity index (χ1n) is 11.8. The largest absolute Gasteiger partial charge is 0.378 e. The van der Waals surface area contributed by atoms with Crippen LogP contribution in [-0.2, 0) is 9.53 Å². The summed E-state index contributed by atoms with van der Waals surface area (Å²) in [4.78, 5) is 27.5. The Morgan fingerprint density at radius 2 is 1.76 bits per heavy atom. The Labute approximate surface area is 194 Å². The van der Waals surface area contributed by atoms with Crippen molar-refractivity contribution >= 4 is 11.8 Å². The quantitative estimate of drug-likeness (QED) is 0.543. The molecule has 1 saturated carbocycles. The second-order valence-electron chi connectivity index (χ2n) is 8.78. The van der Waals surface area contributed by atoms with E-state index < -0.39 is 6.04 Å². The number of carbonyl (C=O) groups is 2. The molecule has 3 atom stereocenters. The summed E-state index contributed by atoms with van der Waals surface area (Å²) >= 11 is 0. The fourth-order valence-corrected chi connectivity index (χ4v) is 4.35. The number of ether oxygens (including phenoxy) is 1. The number of halogens is 1. The maximum atomic E-state index is 13.1. The van der Waals surface area contributed by atoms with Gasteiger partial charge < -0.3 is 20.3 Å². The average Bonchev–Trinajstić information content (AvgIpc) is 3.63. The third kappa shape index (κ3) is 6.62. The van der Waals surface area contributed by atoms with E-state index in [4.69, 9.17) is 4.74 Å². The van der Waals surface area contributed by atoms with Crippen molar-refractivity contribution in [3.8, 4) is 0 Å². The molecule has 2 aliphatic rings. The van der Waals surface area contributed by atoms with E-state index in [-0.39, 0.29) is 17.6 Å². The first-order valence-corrected chi connectivity index (χ1v) is 11.8. The van der Waals surface area contributed by atoms with Crippen LogP contribution in [0.2, 0.25) is 0 Å². The van der Waals surface area contributed by atoms with Crippen LogP contribution >= 0.6 is 0 Å². The zero-order chi connectivity index (χ0) is 23.0. The second-order valence-corrected chi connectivity index (χ2v) is 8.78.